The Morgan fingerprint density at radius 2 is 1.96 bits per heavy atom. The van der Waals surface area contributed by atoms with Crippen molar-refractivity contribution < 1.29 is 4.79 Å². The Morgan fingerprint density at radius 3 is 2.61 bits per heavy atom. The summed E-state index contributed by atoms with van der Waals surface area (Å²) in [6.45, 7) is 10.6. The van der Waals surface area contributed by atoms with Gasteiger partial charge in [-0.15, -0.1) is 12.4 Å². The van der Waals surface area contributed by atoms with Crippen LogP contribution in [0.25, 0.3) is 16.6 Å². The van der Waals surface area contributed by atoms with Gasteiger partial charge in [0.1, 0.15) is 0 Å². The highest BCUT2D eigenvalue weighted by molar-refractivity contribution is 5.92. The molecular formula is C21H30ClN5O. The number of nitrogens with two attached hydrogens (primary N) is 1. The maximum absolute atomic E-state index is 12.5. The largest absolute Gasteiger partial charge is 0.349 e. The molecule has 0 fully saturated rings. The summed E-state index contributed by atoms with van der Waals surface area (Å²) in [5.74, 6) is 0.283. The molecule has 1 amide bonds. The van der Waals surface area contributed by atoms with Crippen LogP contribution < -0.4 is 11.1 Å². The van der Waals surface area contributed by atoms with Gasteiger partial charge in [0.05, 0.1) is 11.1 Å². The van der Waals surface area contributed by atoms with Gasteiger partial charge in [-0.2, -0.15) is 5.10 Å². The number of amides is 1. The molecule has 3 N–H and O–H groups in total. The fourth-order valence-corrected chi connectivity index (χ4v) is 3.39. The number of halogens is 1. The number of carbonyl (C=O) groups excluding carboxylic acids is 1. The molecule has 28 heavy (non-hydrogen) atoms. The minimum Gasteiger partial charge on any atom is -0.349 e. The van der Waals surface area contributed by atoms with Crippen LogP contribution in [-0.2, 0) is 11.2 Å². The average molecular weight is 404 g/mol. The van der Waals surface area contributed by atoms with Crippen molar-refractivity contribution in [1.29, 1.82) is 0 Å². The first-order valence-electron chi connectivity index (χ1n) is 9.51. The molecule has 3 rings (SSSR count). The molecule has 0 aliphatic heterocycles. The molecule has 7 heteroatoms. The highest BCUT2D eigenvalue weighted by Gasteiger charge is 2.28. The number of hydrogen-bond acceptors (Lipinski definition) is 4. The van der Waals surface area contributed by atoms with Crippen molar-refractivity contribution in [2.45, 2.75) is 53.0 Å². The molecule has 1 aromatic carbocycles. The number of rotatable bonds is 6. The number of aryl methyl sites for hydroxylation is 2. The zero-order chi connectivity index (χ0) is 19.8. The first kappa shape index (κ1) is 22.1. The molecule has 6 nitrogen and oxygen atoms in total. The van der Waals surface area contributed by atoms with E-state index in [0.29, 0.717) is 19.4 Å². The van der Waals surface area contributed by atoms with Crippen molar-refractivity contribution in [3.8, 4) is 0 Å². The first-order valence-corrected chi connectivity index (χ1v) is 9.51. The summed E-state index contributed by atoms with van der Waals surface area (Å²) in [5, 5.41) is 8.83. The van der Waals surface area contributed by atoms with Gasteiger partial charge in [0, 0.05) is 29.7 Å². The monoisotopic (exact) mass is 403 g/mol. The van der Waals surface area contributed by atoms with Crippen LogP contribution >= 0.6 is 12.4 Å². The summed E-state index contributed by atoms with van der Waals surface area (Å²) in [6.07, 6.45) is 1.03. The summed E-state index contributed by atoms with van der Waals surface area (Å²) in [5.41, 5.74) is 10.3. The molecule has 0 radical (unpaired) electrons. The molecule has 3 aromatic rings. The minimum atomic E-state index is -0.386. The first-order chi connectivity index (χ1) is 12.8. The average Bonchev–Trinajstić information content (AvgIpc) is 3.00. The third-order valence-corrected chi connectivity index (χ3v) is 5.74. The Bertz CT molecular complexity index is 997. The molecule has 0 bridgehead atoms. The second kappa shape index (κ2) is 8.45. The summed E-state index contributed by atoms with van der Waals surface area (Å²) in [4.78, 5) is 17.3. The van der Waals surface area contributed by atoms with Gasteiger partial charge in [0.15, 0.2) is 5.65 Å². The molecular weight excluding hydrogens is 374 g/mol. The molecule has 1 unspecified atom stereocenters. The van der Waals surface area contributed by atoms with Crippen LogP contribution in [0.4, 0.5) is 0 Å². The van der Waals surface area contributed by atoms with Crippen LogP contribution in [0.15, 0.2) is 24.3 Å². The Labute approximate surface area is 172 Å². The van der Waals surface area contributed by atoms with E-state index in [-0.39, 0.29) is 29.8 Å². The van der Waals surface area contributed by atoms with E-state index in [1.807, 2.05) is 49.6 Å². The van der Waals surface area contributed by atoms with Crippen molar-refractivity contribution in [3.05, 3.63) is 41.2 Å². The molecule has 0 aliphatic rings. The molecule has 1 atom stereocenters. The maximum atomic E-state index is 12.5. The molecule has 0 saturated heterocycles. The van der Waals surface area contributed by atoms with E-state index in [1.165, 1.54) is 0 Å². The lowest BCUT2D eigenvalue weighted by Crippen LogP contribution is -2.55. The van der Waals surface area contributed by atoms with Crippen molar-refractivity contribution in [1.82, 2.24) is 19.9 Å². The van der Waals surface area contributed by atoms with Crippen LogP contribution in [-0.4, -0.2) is 32.6 Å². The predicted molar refractivity (Wildman–Crippen MR) is 116 cm³/mol. The van der Waals surface area contributed by atoms with E-state index in [4.69, 9.17) is 10.7 Å². The van der Waals surface area contributed by atoms with Gasteiger partial charge < -0.3 is 11.1 Å². The maximum Gasteiger partial charge on any atom is 0.220 e. The van der Waals surface area contributed by atoms with Crippen molar-refractivity contribution in [3.63, 3.8) is 0 Å². The van der Waals surface area contributed by atoms with Gasteiger partial charge in [-0.25, -0.2) is 9.50 Å². The summed E-state index contributed by atoms with van der Waals surface area (Å²) >= 11 is 0. The molecule has 0 spiro atoms. The van der Waals surface area contributed by atoms with Gasteiger partial charge in [0.25, 0.3) is 0 Å². The Balaban J connectivity index is 0.00000280. The van der Waals surface area contributed by atoms with E-state index in [9.17, 15) is 4.79 Å². The number of fused-ring (bicyclic) bond motifs is 3. The van der Waals surface area contributed by atoms with Gasteiger partial charge in [-0.05, 0) is 50.8 Å². The van der Waals surface area contributed by atoms with Crippen LogP contribution in [0.1, 0.15) is 44.1 Å². The van der Waals surface area contributed by atoms with Crippen LogP contribution in [0, 0.1) is 19.8 Å². The quantitative estimate of drug-likeness (QED) is 0.660. The topological polar surface area (TPSA) is 85.3 Å². The summed E-state index contributed by atoms with van der Waals surface area (Å²) < 4.78 is 1.89. The Kier molecular flexibility index (Phi) is 6.67. The van der Waals surface area contributed by atoms with Gasteiger partial charge in [0.2, 0.25) is 5.91 Å². The Hall–Kier alpha value is -2.18. The number of hydrogen-bond donors (Lipinski definition) is 2. The van der Waals surface area contributed by atoms with E-state index >= 15 is 0 Å². The third kappa shape index (κ3) is 3.98. The second-order valence-electron chi connectivity index (χ2n) is 7.84. The number of aromatic nitrogens is 3. The fourth-order valence-electron chi connectivity index (χ4n) is 3.39. The van der Waals surface area contributed by atoms with E-state index in [0.717, 1.165) is 33.5 Å². The zero-order valence-corrected chi connectivity index (χ0v) is 18.1. The van der Waals surface area contributed by atoms with Crippen LogP contribution in [0.2, 0.25) is 0 Å². The van der Waals surface area contributed by atoms with Gasteiger partial charge in [-0.3, -0.25) is 4.79 Å². The highest BCUT2D eigenvalue weighted by atomic mass is 35.5. The number of nitrogens with zero attached hydrogens (tertiary/aromatic N) is 3. The van der Waals surface area contributed by atoms with Crippen LogP contribution in [0.5, 0.6) is 0 Å². The van der Waals surface area contributed by atoms with Crippen molar-refractivity contribution in [2.24, 2.45) is 11.7 Å². The van der Waals surface area contributed by atoms with Gasteiger partial charge in [-0.1, -0.05) is 26.0 Å². The lowest BCUT2D eigenvalue weighted by atomic mass is 9.88. The predicted octanol–water partition coefficient (Wildman–Crippen LogP) is 3.34. The van der Waals surface area contributed by atoms with E-state index in [1.54, 1.807) is 0 Å². The number of nitrogens with one attached hydrogen (secondary N) is 1. The fraction of sp³-hybridized carbons (Fsp3) is 0.476. The molecule has 152 valence electrons. The van der Waals surface area contributed by atoms with Crippen LogP contribution in [0.3, 0.4) is 0 Å². The van der Waals surface area contributed by atoms with E-state index < -0.39 is 0 Å². The lowest BCUT2D eigenvalue weighted by molar-refractivity contribution is -0.123. The highest BCUT2D eigenvalue weighted by Crippen LogP contribution is 2.23. The lowest BCUT2D eigenvalue weighted by Gasteiger charge is -2.33. The molecule has 2 aromatic heterocycles. The Morgan fingerprint density at radius 1 is 1.29 bits per heavy atom. The van der Waals surface area contributed by atoms with E-state index in [2.05, 4.69) is 24.3 Å². The second-order valence-corrected chi connectivity index (χ2v) is 7.84. The number of benzene rings is 1. The minimum absolute atomic E-state index is 0. The molecule has 2 heterocycles. The zero-order valence-electron chi connectivity index (χ0n) is 17.2. The van der Waals surface area contributed by atoms with Crippen molar-refractivity contribution >= 4 is 34.9 Å². The smallest absolute Gasteiger partial charge is 0.220 e. The summed E-state index contributed by atoms with van der Waals surface area (Å²) in [7, 11) is 0. The standard InChI is InChI=1S/C21H29N5O.ClH/c1-13(2)21(5,12-22)24-19(27)11-10-16-14(3)23-20-17-8-6-7-9-18(17)25-26(20)15(16)4;/h6-9,13H,10-12,22H2,1-5H3,(H,24,27);1H. The number of carbonyl (C=O) groups is 1. The van der Waals surface area contributed by atoms with Gasteiger partial charge >= 0.3 is 0 Å². The SMILES string of the molecule is Cc1nc2c3ccccc3nn2c(C)c1CCC(=O)NC(C)(CN)C(C)C.Cl. The van der Waals surface area contributed by atoms with Crippen molar-refractivity contribution in [2.75, 3.05) is 6.54 Å². The molecule has 0 saturated carbocycles. The third-order valence-electron chi connectivity index (χ3n) is 5.74. The normalized spacial score (nSPS) is 13.5. The molecule has 0 aliphatic carbocycles. The summed E-state index contributed by atoms with van der Waals surface area (Å²) in [6, 6.07) is 8.00.